The second-order valence-corrected chi connectivity index (χ2v) is 11.7. The highest BCUT2D eigenvalue weighted by molar-refractivity contribution is 7.90. The second-order valence-electron chi connectivity index (χ2n) is 9.91. The number of hydrogen-bond donors (Lipinski definition) is 2. The molecule has 1 amide bonds. The number of carbonyl (C=O) groups is 1. The molecule has 0 bridgehead atoms. The van der Waals surface area contributed by atoms with Gasteiger partial charge in [0.25, 0.3) is 5.91 Å². The van der Waals surface area contributed by atoms with Gasteiger partial charge >= 0.3 is 0 Å². The summed E-state index contributed by atoms with van der Waals surface area (Å²) in [5.74, 6) is -1.08. The Morgan fingerprint density at radius 3 is 2.40 bits per heavy atom. The number of amides is 1. The van der Waals surface area contributed by atoms with Gasteiger partial charge in [-0.05, 0) is 58.8 Å². The van der Waals surface area contributed by atoms with Crippen LogP contribution < -0.4 is 14.9 Å². The number of nitrogens with zero attached hydrogens (tertiary/aromatic N) is 9. The van der Waals surface area contributed by atoms with Crippen LogP contribution in [0.15, 0.2) is 69.8 Å². The fourth-order valence-electron chi connectivity index (χ4n) is 4.27. The lowest BCUT2D eigenvalue weighted by molar-refractivity contribution is 0.0976. The van der Waals surface area contributed by atoms with Crippen LogP contribution in [0.3, 0.4) is 0 Å². The number of benzene rings is 2. The molecule has 2 aromatic carbocycles. The number of aliphatic imine (C=N–C) groups is 1. The summed E-state index contributed by atoms with van der Waals surface area (Å²) in [6, 6.07) is 15.9. The molecule has 2 N–H and O–H groups in total. The number of anilines is 3. The standard InChI is InChI=1S/C28H33N11O3S/c1-18(2)26(31-3)25-23(19-10-12-20(13-11-19)35-38-30)17-24(28(40)36-43(41,42)15-7-14-32-37-29)34-27(25)33-21-8-6-9-22(16-21)39(4)5/h6,8-13,16-18H,7,14-15H2,1-5H3,(H,33,34)(H,36,40). The summed E-state index contributed by atoms with van der Waals surface area (Å²) in [5.41, 5.74) is 21.7. The van der Waals surface area contributed by atoms with Gasteiger partial charge in [0.05, 0.1) is 5.75 Å². The summed E-state index contributed by atoms with van der Waals surface area (Å²) in [5, 5.41) is 10.3. The van der Waals surface area contributed by atoms with Crippen molar-refractivity contribution in [3.05, 3.63) is 86.7 Å². The van der Waals surface area contributed by atoms with Crippen molar-refractivity contribution < 1.29 is 13.2 Å². The Hall–Kier alpha value is -5.10. The van der Waals surface area contributed by atoms with Crippen molar-refractivity contribution in [2.24, 2.45) is 21.1 Å². The van der Waals surface area contributed by atoms with Gasteiger partial charge in [-0.2, -0.15) is 0 Å². The molecule has 0 fully saturated rings. The molecule has 0 aliphatic carbocycles. The summed E-state index contributed by atoms with van der Waals surface area (Å²) in [6.07, 6.45) is 0.0432. The SMILES string of the molecule is CN=C(c1c(-c2ccc(N=[N+]=[N-])cc2)cc(C(=O)NS(=O)(=O)CCCN=[N+]=[N-])nc1Nc1cccc(N(C)C)c1)C(C)C. The largest absolute Gasteiger partial charge is 0.378 e. The van der Waals surface area contributed by atoms with E-state index < -0.39 is 21.7 Å². The average molecular weight is 604 g/mol. The summed E-state index contributed by atoms with van der Waals surface area (Å²) < 4.78 is 27.4. The maximum absolute atomic E-state index is 13.4. The predicted molar refractivity (Wildman–Crippen MR) is 170 cm³/mol. The van der Waals surface area contributed by atoms with Crippen molar-refractivity contribution in [1.82, 2.24) is 9.71 Å². The maximum atomic E-state index is 13.4. The third kappa shape index (κ3) is 8.69. The summed E-state index contributed by atoms with van der Waals surface area (Å²) in [4.78, 5) is 29.9. The third-order valence-corrected chi connectivity index (χ3v) is 7.56. The Morgan fingerprint density at radius 1 is 1.07 bits per heavy atom. The Balaban J connectivity index is 2.24. The smallest absolute Gasteiger partial charge is 0.283 e. The zero-order valence-electron chi connectivity index (χ0n) is 24.6. The van der Waals surface area contributed by atoms with E-state index in [4.69, 9.17) is 11.1 Å². The van der Waals surface area contributed by atoms with E-state index in [1.54, 1.807) is 31.3 Å². The van der Waals surface area contributed by atoms with Crippen LogP contribution in [0, 0.1) is 5.92 Å². The minimum Gasteiger partial charge on any atom is -0.378 e. The van der Waals surface area contributed by atoms with Crippen LogP contribution in [0.2, 0.25) is 0 Å². The first-order valence-electron chi connectivity index (χ1n) is 13.3. The van der Waals surface area contributed by atoms with Crippen molar-refractivity contribution in [2.75, 3.05) is 43.7 Å². The highest BCUT2D eigenvalue weighted by Gasteiger charge is 2.25. The molecule has 224 valence electrons. The molecule has 1 aromatic heterocycles. The van der Waals surface area contributed by atoms with Gasteiger partial charge in [0, 0.05) is 65.8 Å². The van der Waals surface area contributed by atoms with Crippen LogP contribution in [-0.4, -0.2) is 58.5 Å². The number of pyridine rings is 1. The minimum atomic E-state index is -4.05. The normalized spacial score (nSPS) is 11.3. The fraction of sp³-hybridized carbons (Fsp3) is 0.321. The molecule has 0 aliphatic rings. The van der Waals surface area contributed by atoms with E-state index >= 15 is 0 Å². The van der Waals surface area contributed by atoms with Crippen LogP contribution in [0.5, 0.6) is 0 Å². The number of carbonyl (C=O) groups excluding carboxylic acids is 1. The van der Waals surface area contributed by atoms with Gasteiger partial charge in [0.15, 0.2) is 0 Å². The zero-order valence-corrected chi connectivity index (χ0v) is 25.4. The van der Waals surface area contributed by atoms with Crippen LogP contribution in [0.4, 0.5) is 22.9 Å². The number of rotatable bonds is 13. The zero-order chi connectivity index (χ0) is 31.6. The first-order chi connectivity index (χ1) is 20.5. The summed E-state index contributed by atoms with van der Waals surface area (Å²) in [6.45, 7) is 3.94. The van der Waals surface area contributed by atoms with Gasteiger partial charge in [0.2, 0.25) is 10.0 Å². The second kappa shape index (κ2) is 14.7. The van der Waals surface area contributed by atoms with Crippen molar-refractivity contribution >= 4 is 44.5 Å². The lowest BCUT2D eigenvalue weighted by Crippen LogP contribution is -2.33. The van der Waals surface area contributed by atoms with Gasteiger partial charge in [-0.15, -0.1) is 0 Å². The number of azide groups is 2. The molecule has 0 aliphatic heterocycles. The molecule has 0 atom stereocenters. The maximum Gasteiger partial charge on any atom is 0.283 e. The van der Waals surface area contributed by atoms with Crippen molar-refractivity contribution in [3.8, 4) is 11.1 Å². The molecule has 3 rings (SSSR count). The number of nitrogens with one attached hydrogen (secondary N) is 2. The molecule has 43 heavy (non-hydrogen) atoms. The predicted octanol–water partition coefficient (Wildman–Crippen LogP) is 6.33. The number of sulfonamides is 1. The highest BCUT2D eigenvalue weighted by atomic mass is 32.2. The molecule has 0 saturated carbocycles. The molecule has 0 unspecified atom stereocenters. The van der Waals surface area contributed by atoms with Crippen molar-refractivity contribution in [3.63, 3.8) is 0 Å². The number of hydrogen-bond acceptors (Lipinski definition) is 9. The quantitative estimate of drug-likeness (QED) is 0.0750. The van der Waals surface area contributed by atoms with E-state index in [2.05, 4.69) is 40.1 Å². The van der Waals surface area contributed by atoms with Crippen LogP contribution in [0.25, 0.3) is 32.0 Å². The molecule has 0 spiro atoms. The monoisotopic (exact) mass is 603 g/mol. The lowest BCUT2D eigenvalue weighted by atomic mass is 9.91. The van der Waals surface area contributed by atoms with E-state index in [1.165, 1.54) is 6.07 Å². The van der Waals surface area contributed by atoms with Crippen LogP contribution in [0.1, 0.15) is 36.3 Å². The van der Waals surface area contributed by atoms with Gasteiger partial charge in [-0.3, -0.25) is 9.79 Å². The summed E-state index contributed by atoms with van der Waals surface area (Å²) >= 11 is 0. The van der Waals surface area contributed by atoms with E-state index in [0.717, 1.165) is 5.69 Å². The minimum absolute atomic E-state index is 0.0249. The molecule has 15 heteroatoms. The summed E-state index contributed by atoms with van der Waals surface area (Å²) in [7, 11) is 1.45. The van der Waals surface area contributed by atoms with Gasteiger partial charge in [-0.1, -0.05) is 54.4 Å². The number of aromatic nitrogens is 1. The Bertz CT molecular complexity index is 1710. The highest BCUT2D eigenvalue weighted by Crippen LogP contribution is 2.35. The molecule has 0 saturated heterocycles. The molecule has 3 aromatic rings. The van der Waals surface area contributed by atoms with Gasteiger partial charge < -0.3 is 10.2 Å². The van der Waals surface area contributed by atoms with E-state index in [-0.39, 0.29) is 24.6 Å². The average Bonchev–Trinajstić information content (AvgIpc) is 2.96. The topological polar surface area (TPSA) is 201 Å². The Morgan fingerprint density at radius 2 is 1.79 bits per heavy atom. The molecule has 0 radical (unpaired) electrons. The molecule has 14 nitrogen and oxygen atoms in total. The van der Waals surface area contributed by atoms with E-state index in [0.29, 0.717) is 39.6 Å². The molecular formula is C28H33N11O3S. The van der Waals surface area contributed by atoms with Crippen molar-refractivity contribution in [1.29, 1.82) is 0 Å². The third-order valence-electron chi connectivity index (χ3n) is 6.24. The molecule has 1 heterocycles. The first-order valence-corrected chi connectivity index (χ1v) is 14.9. The van der Waals surface area contributed by atoms with Crippen molar-refractivity contribution in [2.45, 2.75) is 20.3 Å². The van der Waals surface area contributed by atoms with Gasteiger partial charge in [0.1, 0.15) is 11.5 Å². The Kier molecular flexibility index (Phi) is 11.1. The Labute approximate surface area is 250 Å². The van der Waals surface area contributed by atoms with Gasteiger partial charge in [-0.25, -0.2) is 18.1 Å². The first kappa shape index (κ1) is 32.4. The lowest BCUT2D eigenvalue weighted by Gasteiger charge is -2.21. The fourth-order valence-corrected chi connectivity index (χ4v) is 5.27. The van der Waals surface area contributed by atoms with Crippen LogP contribution in [-0.2, 0) is 10.0 Å². The van der Waals surface area contributed by atoms with E-state index in [1.807, 2.05) is 57.1 Å². The van der Waals surface area contributed by atoms with E-state index in [9.17, 15) is 13.2 Å². The molecular weight excluding hydrogens is 570 g/mol. The van der Waals surface area contributed by atoms with Crippen LogP contribution >= 0.6 is 0 Å².